The van der Waals surface area contributed by atoms with Gasteiger partial charge in [0.05, 0.1) is 12.4 Å². The Morgan fingerprint density at radius 1 is 0.413 bits per heavy atom. The first-order valence-electron chi connectivity index (χ1n) is 17.7. The standard InChI is InChI=1S/C24BF20.C16H19N2/c26-5-1(6(27)14(35)21(42)13(5)34)25(2-7(28)15(36)22(43)16(37)8(2)29,3-9(30)17(38)23(44)18(39)10(3)31)4-11(32)19(40)24(45)20(41)12(4)33;1-2-6-14(7-3-1)13-18-11-10-17-12-16(18)15-8-4-5-9-15/h;1-3,6-7,10-12,15H,4-5,8-9,13H2/q-1;+1. The van der Waals surface area contributed by atoms with Crippen LogP contribution in [0.5, 0.6) is 0 Å². The van der Waals surface area contributed by atoms with E-state index < -0.39 is 144 Å². The normalized spacial score (nSPS) is 13.1. The first kappa shape index (κ1) is 46.4. The lowest BCUT2D eigenvalue weighted by Gasteiger charge is -2.44. The van der Waals surface area contributed by atoms with Crippen molar-refractivity contribution < 1.29 is 92.4 Å². The summed E-state index contributed by atoms with van der Waals surface area (Å²) in [5.41, 5.74) is -11.6. The highest BCUT2D eigenvalue weighted by atomic mass is 19.2. The Hall–Kier alpha value is -6.16. The molecule has 63 heavy (non-hydrogen) atoms. The van der Waals surface area contributed by atoms with Gasteiger partial charge < -0.3 is 0 Å². The SMILES string of the molecule is Fc1c(F)c(F)c([B-](c2c(F)c(F)c(F)c(F)c2F)(c2c(F)c(F)c(F)c(F)c2F)c2c(F)c(F)c(F)c(F)c2F)c(F)c1F.c1ccc(C[n+]2ccncc2C2CCCC2)cc1. The third-order valence-electron chi connectivity index (χ3n) is 10.5. The van der Waals surface area contributed by atoms with Crippen LogP contribution in [0.2, 0.25) is 0 Å². The molecule has 23 heteroatoms. The maximum atomic E-state index is 15.4. The zero-order valence-corrected chi connectivity index (χ0v) is 30.8. The molecule has 7 rings (SSSR count). The van der Waals surface area contributed by atoms with Crippen molar-refractivity contribution in [2.75, 3.05) is 0 Å². The summed E-state index contributed by atoms with van der Waals surface area (Å²) in [7, 11) is 0. The van der Waals surface area contributed by atoms with Gasteiger partial charge in [-0.25, -0.2) is 87.8 Å². The van der Waals surface area contributed by atoms with Gasteiger partial charge in [0.25, 0.3) is 0 Å². The molecule has 0 amide bonds. The summed E-state index contributed by atoms with van der Waals surface area (Å²) >= 11 is 0. The molecule has 1 aliphatic rings. The van der Waals surface area contributed by atoms with Crippen LogP contribution in [-0.4, -0.2) is 11.1 Å². The zero-order chi connectivity index (χ0) is 46.6. The number of benzene rings is 5. The molecule has 1 aliphatic carbocycles. The first-order valence-corrected chi connectivity index (χ1v) is 17.7. The fraction of sp³-hybridized carbons (Fsp3) is 0.150. The van der Waals surface area contributed by atoms with Gasteiger partial charge in [-0.3, -0.25) is 4.98 Å². The summed E-state index contributed by atoms with van der Waals surface area (Å²) in [4.78, 5) is 4.31. The summed E-state index contributed by atoms with van der Waals surface area (Å²) in [6.07, 6.45) is 4.21. The number of halogens is 20. The van der Waals surface area contributed by atoms with Crippen LogP contribution < -0.4 is 26.4 Å². The molecule has 0 N–H and O–H groups in total. The van der Waals surface area contributed by atoms with Crippen molar-refractivity contribution >= 4 is 28.0 Å². The molecule has 2 nitrogen and oxygen atoms in total. The Balaban J connectivity index is 0.000000302. The topological polar surface area (TPSA) is 16.8 Å². The summed E-state index contributed by atoms with van der Waals surface area (Å²) < 4.78 is 296. The first-order chi connectivity index (χ1) is 29.6. The second kappa shape index (κ2) is 17.5. The van der Waals surface area contributed by atoms with Gasteiger partial charge in [-0.15, -0.1) is 21.9 Å². The van der Waals surface area contributed by atoms with Gasteiger partial charge in [0.2, 0.25) is 5.69 Å². The van der Waals surface area contributed by atoms with Gasteiger partial charge in [-0.1, -0.05) is 43.2 Å². The maximum absolute atomic E-state index is 15.4. The molecule has 0 radical (unpaired) electrons. The fourth-order valence-electron chi connectivity index (χ4n) is 7.76. The zero-order valence-electron chi connectivity index (χ0n) is 30.8. The molecule has 1 heterocycles. The van der Waals surface area contributed by atoms with Crippen molar-refractivity contribution in [2.45, 2.75) is 38.1 Å². The summed E-state index contributed by atoms with van der Waals surface area (Å²) in [6, 6.07) is 10.6. The molecule has 6 aromatic rings. The van der Waals surface area contributed by atoms with Crippen molar-refractivity contribution in [1.82, 2.24) is 4.98 Å². The predicted octanol–water partition coefficient (Wildman–Crippen LogP) is 8.92. The minimum absolute atomic E-state index is 0.711. The molecule has 0 unspecified atom stereocenters. The van der Waals surface area contributed by atoms with Crippen molar-refractivity contribution in [1.29, 1.82) is 0 Å². The summed E-state index contributed by atoms with van der Waals surface area (Å²) in [5.74, 6) is -70.7. The molecular formula is C40H19BF20N2. The van der Waals surface area contributed by atoms with E-state index in [4.69, 9.17) is 0 Å². The van der Waals surface area contributed by atoms with Crippen LogP contribution in [0.4, 0.5) is 87.8 Å². The molecule has 332 valence electrons. The Morgan fingerprint density at radius 2 is 0.698 bits per heavy atom. The lowest BCUT2D eigenvalue weighted by molar-refractivity contribution is -0.697. The molecule has 1 fully saturated rings. The van der Waals surface area contributed by atoms with E-state index in [-0.39, 0.29) is 0 Å². The minimum Gasteiger partial charge on any atom is -0.252 e. The van der Waals surface area contributed by atoms with Crippen LogP contribution >= 0.6 is 0 Å². The largest absolute Gasteiger partial charge is 0.252 e. The number of rotatable bonds is 7. The van der Waals surface area contributed by atoms with Crippen LogP contribution in [0, 0.1) is 116 Å². The maximum Gasteiger partial charge on any atom is 0.203 e. The van der Waals surface area contributed by atoms with Crippen LogP contribution in [-0.2, 0) is 6.54 Å². The molecular weight excluding hydrogens is 899 g/mol. The van der Waals surface area contributed by atoms with E-state index in [9.17, 15) is 52.7 Å². The molecule has 0 aliphatic heterocycles. The second-order valence-corrected chi connectivity index (χ2v) is 13.9. The fourth-order valence-corrected chi connectivity index (χ4v) is 7.76. The van der Waals surface area contributed by atoms with E-state index in [2.05, 4.69) is 52.3 Å². The molecule has 0 saturated heterocycles. The van der Waals surface area contributed by atoms with Crippen molar-refractivity contribution in [3.8, 4) is 0 Å². The second-order valence-electron chi connectivity index (χ2n) is 13.9. The van der Waals surface area contributed by atoms with Gasteiger partial charge >= 0.3 is 0 Å². The predicted molar refractivity (Wildman–Crippen MR) is 180 cm³/mol. The number of nitrogens with zero attached hydrogens (tertiary/aromatic N) is 2. The molecule has 1 saturated carbocycles. The average molecular weight is 918 g/mol. The number of aromatic nitrogens is 2. The Labute approximate surface area is 340 Å². The third-order valence-corrected chi connectivity index (χ3v) is 10.5. The van der Waals surface area contributed by atoms with E-state index in [1.807, 2.05) is 6.20 Å². The Morgan fingerprint density at radius 3 is 1.00 bits per heavy atom. The lowest BCUT2D eigenvalue weighted by atomic mass is 9.12. The molecule has 0 bridgehead atoms. The van der Waals surface area contributed by atoms with Crippen molar-refractivity contribution in [2.24, 2.45) is 0 Å². The summed E-state index contributed by atoms with van der Waals surface area (Å²) in [6.45, 7) is 0.954. The van der Waals surface area contributed by atoms with E-state index in [1.165, 1.54) is 36.9 Å². The van der Waals surface area contributed by atoms with Gasteiger partial charge in [-0.05, 0) is 12.8 Å². The van der Waals surface area contributed by atoms with Crippen LogP contribution in [0.3, 0.4) is 0 Å². The smallest absolute Gasteiger partial charge is 0.203 e. The third kappa shape index (κ3) is 7.41. The number of hydrogen-bond acceptors (Lipinski definition) is 1. The highest BCUT2D eigenvalue weighted by molar-refractivity contribution is 7.20. The van der Waals surface area contributed by atoms with Crippen molar-refractivity contribution in [3.05, 3.63) is 177 Å². The molecule has 0 atom stereocenters. The average Bonchev–Trinajstić information content (AvgIpc) is 3.82. The van der Waals surface area contributed by atoms with Crippen LogP contribution in [0.1, 0.15) is 42.9 Å². The molecule has 5 aromatic carbocycles. The molecule has 1 aromatic heterocycles. The minimum atomic E-state index is -7.22. The summed E-state index contributed by atoms with van der Waals surface area (Å²) in [5, 5.41) is 0. The van der Waals surface area contributed by atoms with E-state index in [0.717, 1.165) is 6.54 Å². The van der Waals surface area contributed by atoms with Crippen molar-refractivity contribution in [3.63, 3.8) is 0 Å². The highest BCUT2D eigenvalue weighted by Gasteiger charge is 2.52. The highest BCUT2D eigenvalue weighted by Crippen LogP contribution is 2.33. The van der Waals surface area contributed by atoms with E-state index in [1.54, 1.807) is 0 Å². The number of hydrogen-bond donors (Lipinski definition) is 0. The Kier molecular flexibility index (Phi) is 12.9. The van der Waals surface area contributed by atoms with Gasteiger partial charge in [0.15, 0.2) is 82.5 Å². The quantitative estimate of drug-likeness (QED) is 0.0515. The van der Waals surface area contributed by atoms with Crippen LogP contribution in [0.15, 0.2) is 48.9 Å². The van der Waals surface area contributed by atoms with Crippen LogP contribution in [0.25, 0.3) is 0 Å². The lowest BCUT2D eigenvalue weighted by Crippen LogP contribution is -2.81. The van der Waals surface area contributed by atoms with Gasteiger partial charge in [-0.2, -0.15) is 4.57 Å². The van der Waals surface area contributed by atoms with Gasteiger partial charge in [0.1, 0.15) is 52.7 Å². The monoisotopic (exact) mass is 918 g/mol. The molecule has 0 spiro atoms. The van der Waals surface area contributed by atoms with Gasteiger partial charge in [0, 0.05) is 11.5 Å². The van der Waals surface area contributed by atoms with E-state index in [0.29, 0.717) is 5.92 Å². The van der Waals surface area contributed by atoms with E-state index >= 15 is 35.1 Å². The Bertz CT molecular complexity index is 2400.